The molecule has 0 radical (unpaired) electrons. The smallest absolute Gasteiger partial charge is 0.121 e. The fourth-order valence-electron chi connectivity index (χ4n) is 1.95. The van der Waals surface area contributed by atoms with Gasteiger partial charge in [0.1, 0.15) is 12.4 Å². The highest BCUT2D eigenvalue weighted by molar-refractivity contribution is 5.48. The van der Waals surface area contributed by atoms with E-state index in [2.05, 4.69) is 17.6 Å². The summed E-state index contributed by atoms with van der Waals surface area (Å²) in [5.74, 6) is 0.853. The fourth-order valence-corrected chi connectivity index (χ4v) is 1.95. The first-order chi connectivity index (χ1) is 9.90. The van der Waals surface area contributed by atoms with E-state index < -0.39 is 0 Å². The summed E-state index contributed by atoms with van der Waals surface area (Å²) in [7, 11) is 0. The molecule has 0 aliphatic carbocycles. The predicted molar refractivity (Wildman–Crippen MR) is 80.7 cm³/mol. The molecule has 0 spiro atoms. The first-order valence-corrected chi connectivity index (χ1v) is 6.57. The quantitative estimate of drug-likeness (QED) is 0.755. The van der Waals surface area contributed by atoms with Crippen LogP contribution in [0.15, 0.2) is 79.1 Å². The van der Waals surface area contributed by atoms with Gasteiger partial charge in [0.15, 0.2) is 0 Å². The lowest BCUT2D eigenvalue weighted by atomic mass is 10.2. The lowest BCUT2D eigenvalue weighted by Gasteiger charge is -2.10. The summed E-state index contributed by atoms with van der Waals surface area (Å²) in [6.07, 6.45) is 3.91. The molecule has 20 heavy (non-hydrogen) atoms. The van der Waals surface area contributed by atoms with Gasteiger partial charge in [-0.3, -0.25) is 10.1 Å². The molecule has 100 valence electrons. The van der Waals surface area contributed by atoms with E-state index in [-0.39, 0.29) is 0 Å². The molecule has 2 aromatic carbocycles. The molecule has 3 heteroatoms. The summed E-state index contributed by atoms with van der Waals surface area (Å²) in [4.78, 5) is 0. The number of benzene rings is 2. The van der Waals surface area contributed by atoms with E-state index in [0.29, 0.717) is 6.61 Å². The molecule has 3 rings (SSSR count). The molecule has 0 aliphatic rings. The van der Waals surface area contributed by atoms with Crippen molar-refractivity contribution in [1.29, 1.82) is 0 Å². The zero-order chi connectivity index (χ0) is 13.6. The lowest BCUT2D eigenvalue weighted by molar-refractivity contribution is 0.306. The highest BCUT2D eigenvalue weighted by atomic mass is 16.5. The minimum absolute atomic E-state index is 0.577. The SMILES string of the molecule is c1ccc(COc2cccc(Nn3cccc3)c2)cc1. The van der Waals surface area contributed by atoms with Crippen molar-refractivity contribution in [3.63, 3.8) is 0 Å². The molecule has 0 fully saturated rings. The largest absolute Gasteiger partial charge is 0.489 e. The fraction of sp³-hybridized carbons (Fsp3) is 0.0588. The minimum atomic E-state index is 0.577. The van der Waals surface area contributed by atoms with Gasteiger partial charge in [-0.2, -0.15) is 0 Å². The zero-order valence-electron chi connectivity index (χ0n) is 11.1. The Morgan fingerprint density at radius 2 is 1.65 bits per heavy atom. The zero-order valence-corrected chi connectivity index (χ0v) is 11.1. The molecule has 0 saturated heterocycles. The van der Waals surface area contributed by atoms with Gasteiger partial charge in [-0.1, -0.05) is 36.4 Å². The monoisotopic (exact) mass is 264 g/mol. The molecule has 0 saturated carbocycles. The average molecular weight is 264 g/mol. The Labute approximate surface area is 118 Å². The summed E-state index contributed by atoms with van der Waals surface area (Å²) in [6, 6.07) is 22.0. The van der Waals surface area contributed by atoms with Crippen LogP contribution >= 0.6 is 0 Å². The van der Waals surface area contributed by atoms with E-state index in [9.17, 15) is 0 Å². The van der Waals surface area contributed by atoms with Crippen molar-refractivity contribution in [3.05, 3.63) is 84.7 Å². The van der Waals surface area contributed by atoms with Gasteiger partial charge in [-0.05, 0) is 29.8 Å². The van der Waals surface area contributed by atoms with Gasteiger partial charge in [0.05, 0.1) is 5.69 Å². The number of nitrogens with zero attached hydrogens (tertiary/aromatic N) is 1. The molecule has 3 nitrogen and oxygen atoms in total. The highest BCUT2D eigenvalue weighted by Crippen LogP contribution is 2.18. The molecule has 0 amide bonds. The topological polar surface area (TPSA) is 26.2 Å². The van der Waals surface area contributed by atoms with E-state index in [0.717, 1.165) is 17.0 Å². The Kier molecular flexibility index (Phi) is 3.69. The molecule has 1 aromatic heterocycles. The van der Waals surface area contributed by atoms with Crippen molar-refractivity contribution in [3.8, 4) is 5.75 Å². The van der Waals surface area contributed by atoms with Gasteiger partial charge in [0.2, 0.25) is 0 Å². The maximum atomic E-state index is 5.80. The van der Waals surface area contributed by atoms with Crippen molar-refractivity contribution in [2.24, 2.45) is 0 Å². The molecule has 0 bridgehead atoms. The summed E-state index contributed by atoms with van der Waals surface area (Å²) in [6.45, 7) is 0.577. The standard InChI is InChI=1S/C17H16N2O/c1-2-7-15(8-3-1)14-20-17-10-6-9-16(13-17)18-19-11-4-5-12-19/h1-13,18H,14H2. The van der Waals surface area contributed by atoms with Crippen LogP contribution in [0.25, 0.3) is 0 Å². The maximum absolute atomic E-state index is 5.80. The van der Waals surface area contributed by atoms with E-state index >= 15 is 0 Å². The number of nitrogens with one attached hydrogen (secondary N) is 1. The van der Waals surface area contributed by atoms with Gasteiger partial charge in [0.25, 0.3) is 0 Å². The second kappa shape index (κ2) is 5.97. The van der Waals surface area contributed by atoms with Crippen molar-refractivity contribution in [1.82, 2.24) is 4.68 Å². The summed E-state index contributed by atoms with van der Waals surface area (Å²) in [5, 5.41) is 0. The predicted octanol–water partition coefficient (Wildman–Crippen LogP) is 3.94. The molecule has 0 aliphatic heterocycles. The number of aromatic nitrogens is 1. The molecule has 0 unspecified atom stereocenters. The van der Waals surface area contributed by atoms with Gasteiger partial charge >= 0.3 is 0 Å². The Hall–Kier alpha value is -2.68. The summed E-state index contributed by atoms with van der Waals surface area (Å²) < 4.78 is 7.70. The van der Waals surface area contributed by atoms with Crippen molar-refractivity contribution >= 4 is 5.69 Å². The minimum Gasteiger partial charge on any atom is -0.489 e. The third-order valence-corrected chi connectivity index (χ3v) is 2.95. The van der Waals surface area contributed by atoms with Crippen LogP contribution in [0.1, 0.15) is 5.56 Å². The second-order valence-corrected chi connectivity index (χ2v) is 4.50. The van der Waals surface area contributed by atoms with Crippen LogP contribution in [0, 0.1) is 0 Å². The second-order valence-electron chi connectivity index (χ2n) is 4.50. The Balaban J connectivity index is 1.65. The van der Waals surface area contributed by atoms with E-state index in [1.807, 2.05) is 71.7 Å². The third kappa shape index (κ3) is 3.20. The lowest BCUT2D eigenvalue weighted by Crippen LogP contribution is -2.05. The van der Waals surface area contributed by atoms with Crippen LogP contribution in [-0.4, -0.2) is 4.68 Å². The molecule has 3 aromatic rings. The number of anilines is 1. The van der Waals surface area contributed by atoms with Gasteiger partial charge in [-0.15, -0.1) is 0 Å². The Morgan fingerprint density at radius 3 is 2.45 bits per heavy atom. The van der Waals surface area contributed by atoms with Crippen LogP contribution in [0.2, 0.25) is 0 Å². The number of ether oxygens (including phenoxy) is 1. The number of hydrogen-bond donors (Lipinski definition) is 1. The Bertz CT molecular complexity index is 648. The summed E-state index contributed by atoms with van der Waals surface area (Å²) in [5.41, 5.74) is 5.41. The van der Waals surface area contributed by atoms with Crippen LogP contribution in [-0.2, 0) is 6.61 Å². The van der Waals surface area contributed by atoms with E-state index in [4.69, 9.17) is 4.74 Å². The normalized spacial score (nSPS) is 10.2. The highest BCUT2D eigenvalue weighted by Gasteiger charge is 1.98. The molecule has 1 heterocycles. The maximum Gasteiger partial charge on any atom is 0.121 e. The van der Waals surface area contributed by atoms with E-state index in [1.54, 1.807) is 0 Å². The van der Waals surface area contributed by atoms with Crippen LogP contribution in [0.4, 0.5) is 5.69 Å². The van der Waals surface area contributed by atoms with Crippen molar-refractivity contribution in [2.75, 3.05) is 5.43 Å². The first-order valence-electron chi connectivity index (χ1n) is 6.57. The van der Waals surface area contributed by atoms with Crippen LogP contribution in [0.3, 0.4) is 0 Å². The van der Waals surface area contributed by atoms with Crippen molar-refractivity contribution in [2.45, 2.75) is 6.61 Å². The molecular weight excluding hydrogens is 248 g/mol. The molecular formula is C17H16N2O. The van der Waals surface area contributed by atoms with Gasteiger partial charge in [-0.25, -0.2) is 0 Å². The first kappa shape index (κ1) is 12.4. The van der Waals surface area contributed by atoms with Gasteiger partial charge in [0, 0.05) is 18.5 Å². The molecule has 1 N–H and O–H groups in total. The van der Waals surface area contributed by atoms with Crippen molar-refractivity contribution < 1.29 is 4.74 Å². The Morgan fingerprint density at radius 1 is 0.850 bits per heavy atom. The summed E-state index contributed by atoms with van der Waals surface area (Å²) >= 11 is 0. The van der Waals surface area contributed by atoms with E-state index in [1.165, 1.54) is 0 Å². The van der Waals surface area contributed by atoms with Crippen LogP contribution in [0.5, 0.6) is 5.75 Å². The number of rotatable bonds is 5. The third-order valence-electron chi connectivity index (χ3n) is 2.95. The van der Waals surface area contributed by atoms with Crippen LogP contribution < -0.4 is 10.2 Å². The molecule has 0 atom stereocenters. The number of hydrogen-bond acceptors (Lipinski definition) is 2. The average Bonchev–Trinajstić information content (AvgIpc) is 3.00. The van der Waals surface area contributed by atoms with Gasteiger partial charge < -0.3 is 4.74 Å².